The molecule has 0 unspecified atom stereocenters. The normalized spacial score (nSPS) is 11.6. The molecule has 0 aromatic carbocycles. The lowest BCUT2D eigenvalue weighted by Crippen LogP contribution is -2.09. The van der Waals surface area contributed by atoms with E-state index in [0.717, 1.165) is 44.9 Å². The molecule has 4 aromatic rings. The van der Waals surface area contributed by atoms with Crippen molar-refractivity contribution < 1.29 is 4.74 Å². The Hall–Kier alpha value is -3.42. The minimum Gasteiger partial charge on any atom is -0.477 e. The zero-order valence-electron chi connectivity index (χ0n) is 19.0. The van der Waals surface area contributed by atoms with Crippen molar-refractivity contribution in [2.24, 2.45) is 7.05 Å². The lowest BCUT2D eigenvalue weighted by Gasteiger charge is -2.16. The molecule has 31 heavy (non-hydrogen) atoms. The molecular formula is C23H29N7O. The van der Waals surface area contributed by atoms with Crippen LogP contribution in [-0.2, 0) is 13.5 Å². The van der Waals surface area contributed by atoms with E-state index in [1.807, 2.05) is 49.3 Å². The Morgan fingerprint density at radius 1 is 1.19 bits per heavy atom. The molecule has 162 valence electrons. The molecule has 0 aliphatic rings. The summed E-state index contributed by atoms with van der Waals surface area (Å²) in [5.74, 6) is 0.545. The first-order valence-electron chi connectivity index (χ1n) is 10.6. The van der Waals surface area contributed by atoms with Gasteiger partial charge in [0.25, 0.3) is 0 Å². The van der Waals surface area contributed by atoms with Crippen LogP contribution in [0.5, 0.6) is 5.88 Å². The van der Waals surface area contributed by atoms with Gasteiger partial charge in [-0.3, -0.25) is 9.36 Å². The van der Waals surface area contributed by atoms with E-state index in [1.165, 1.54) is 0 Å². The molecule has 0 atom stereocenters. The van der Waals surface area contributed by atoms with Crippen molar-refractivity contribution in [2.75, 3.05) is 12.3 Å². The number of aromatic nitrogens is 6. The Kier molecular flexibility index (Phi) is 5.39. The average Bonchev–Trinajstić information content (AvgIpc) is 3.23. The third kappa shape index (κ3) is 3.62. The highest BCUT2D eigenvalue weighted by molar-refractivity contribution is 5.95. The van der Waals surface area contributed by atoms with Gasteiger partial charge in [-0.05, 0) is 52.8 Å². The number of hydrogen-bond donors (Lipinski definition) is 1. The summed E-state index contributed by atoms with van der Waals surface area (Å²) in [5, 5.41) is 9.36. The van der Waals surface area contributed by atoms with Crippen LogP contribution in [0.15, 0.2) is 24.4 Å². The fourth-order valence-corrected chi connectivity index (χ4v) is 3.87. The number of nitrogens with zero attached hydrogens (tertiary/aromatic N) is 6. The van der Waals surface area contributed by atoms with Crippen LogP contribution in [0, 0.1) is 13.8 Å². The summed E-state index contributed by atoms with van der Waals surface area (Å²) in [6.07, 6.45) is 2.27. The van der Waals surface area contributed by atoms with Gasteiger partial charge < -0.3 is 10.5 Å². The second-order valence-corrected chi connectivity index (χ2v) is 8.04. The SMILES string of the molecule is CCOc1ncccc1-c1nc2c(C)nn(C(C)C)c2c(N)c1Cc1cc(C)n(C)n1. The Balaban J connectivity index is 2.03. The summed E-state index contributed by atoms with van der Waals surface area (Å²) in [6, 6.07) is 6.10. The smallest absolute Gasteiger partial charge is 0.222 e. The van der Waals surface area contributed by atoms with E-state index in [9.17, 15) is 0 Å². The average molecular weight is 420 g/mol. The molecule has 0 aliphatic carbocycles. The number of ether oxygens (including phenoxy) is 1. The molecule has 8 heteroatoms. The number of nitrogen functional groups attached to an aromatic ring is 1. The maximum Gasteiger partial charge on any atom is 0.222 e. The molecule has 0 saturated heterocycles. The molecule has 4 heterocycles. The first-order chi connectivity index (χ1) is 14.8. The number of fused-ring (bicyclic) bond motifs is 1. The van der Waals surface area contributed by atoms with Crippen LogP contribution in [0.25, 0.3) is 22.3 Å². The van der Waals surface area contributed by atoms with Crippen LogP contribution in [-0.4, -0.2) is 36.1 Å². The van der Waals surface area contributed by atoms with Crippen molar-refractivity contribution in [3.8, 4) is 17.1 Å². The zero-order chi connectivity index (χ0) is 22.3. The minimum atomic E-state index is 0.161. The van der Waals surface area contributed by atoms with E-state index in [1.54, 1.807) is 6.20 Å². The first-order valence-corrected chi connectivity index (χ1v) is 10.6. The topological polar surface area (TPSA) is 96.7 Å². The van der Waals surface area contributed by atoms with E-state index < -0.39 is 0 Å². The molecule has 2 N–H and O–H groups in total. The van der Waals surface area contributed by atoms with Crippen LogP contribution >= 0.6 is 0 Å². The third-order valence-corrected chi connectivity index (χ3v) is 5.46. The fourth-order valence-electron chi connectivity index (χ4n) is 3.87. The zero-order valence-corrected chi connectivity index (χ0v) is 19.0. The van der Waals surface area contributed by atoms with Crippen molar-refractivity contribution in [2.45, 2.75) is 47.1 Å². The number of nitrogens with two attached hydrogens (primary N) is 1. The molecule has 0 aliphatic heterocycles. The molecule has 4 rings (SSSR count). The van der Waals surface area contributed by atoms with Gasteiger partial charge in [-0.15, -0.1) is 0 Å². The van der Waals surface area contributed by atoms with E-state index in [0.29, 0.717) is 24.6 Å². The van der Waals surface area contributed by atoms with Gasteiger partial charge in [-0.1, -0.05) is 0 Å². The van der Waals surface area contributed by atoms with Gasteiger partial charge in [0.2, 0.25) is 5.88 Å². The van der Waals surface area contributed by atoms with Crippen LogP contribution in [0.1, 0.15) is 49.5 Å². The second-order valence-electron chi connectivity index (χ2n) is 8.04. The van der Waals surface area contributed by atoms with Gasteiger partial charge in [0.15, 0.2) is 0 Å². The summed E-state index contributed by atoms with van der Waals surface area (Å²) >= 11 is 0. The van der Waals surface area contributed by atoms with Gasteiger partial charge in [0, 0.05) is 37.0 Å². The number of pyridine rings is 2. The monoisotopic (exact) mass is 419 g/mol. The standard InChI is InChI=1S/C23H29N7O/c1-7-31-23-17(9-8-10-25-23)21-18(12-16-11-14(4)29(6)28-16)19(24)22-20(26-21)15(5)27-30(22)13(2)3/h8-11,13H,7,12H2,1-6H3,(H2,24,26). The maximum absolute atomic E-state index is 6.83. The summed E-state index contributed by atoms with van der Waals surface area (Å²) in [5.41, 5.74) is 14.5. The lowest BCUT2D eigenvalue weighted by atomic mass is 9.99. The Bertz CT molecular complexity index is 1230. The molecule has 0 amide bonds. The summed E-state index contributed by atoms with van der Waals surface area (Å²) in [6.45, 7) is 10.6. The highest BCUT2D eigenvalue weighted by atomic mass is 16.5. The quantitative estimate of drug-likeness (QED) is 0.507. The predicted molar refractivity (Wildman–Crippen MR) is 122 cm³/mol. The van der Waals surface area contributed by atoms with E-state index >= 15 is 0 Å². The molecular weight excluding hydrogens is 390 g/mol. The fraction of sp³-hybridized carbons (Fsp3) is 0.391. The van der Waals surface area contributed by atoms with Crippen LogP contribution in [0.4, 0.5) is 5.69 Å². The summed E-state index contributed by atoms with van der Waals surface area (Å²) in [7, 11) is 1.94. The highest BCUT2D eigenvalue weighted by Gasteiger charge is 2.24. The number of aryl methyl sites for hydroxylation is 3. The van der Waals surface area contributed by atoms with E-state index in [2.05, 4.69) is 30.0 Å². The van der Waals surface area contributed by atoms with Crippen LogP contribution in [0.2, 0.25) is 0 Å². The van der Waals surface area contributed by atoms with E-state index in [-0.39, 0.29) is 6.04 Å². The van der Waals surface area contributed by atoms with Crippen molar-refractivity contribution in [3.05, 3.63) is 47.0 Å². The van der Waals surface area contributed by atoms with Crippen LogP contribution < -0.4 is 10.5 Å². The Morgan fingerprint density at radius 2 is 1.97 bits per heavy atom. The van der Waals surface area contributed by atoms with Gasteiger partial charge >= 0.3 is 0 Å². The Labute approximate surface area is 182 Å². The summed E-state index contributed by atoms with van der Waals surface area (Å²) < 4.78 is 9.64. The molecule has 0 spiro atoms. The van der Waals surface area contributed by atoms with Gasteiger partial charge in [0.05, 0.1) is 34.9 Å². The first kappa shape index (κ1) is 20.8. The summed E-state index contributed by atoms with van der Waals surface area (Å²) in [4.78, 5) is 9.49. The highest BCUT2D eigenvalue weighted by Crippen LogP contribution is 2.38. The van der Waals surface area contributed by atoms with Gasteiger partial charge in [-0.25, -0.2) is 9.97 Å². The van der Waals surface area contributed by atoms with Crippen molar-refractivity contribution in [1.29, 1.82) is 0 Å². The third-order valence-electron chi connectivity index (χ3n) is 5.46. The van der Waals surface area contributed by atoms with E-state index in [4.69, 9.17) is 20.6 Å². The molecule has 0 radical (unpaired) electrons. The Morgan fingerprint density at radius 3 is 2.61 bits per heavy atom. The molecule has 4 aromatic heterocycles. The molecule has 8 nitrogen and oxygen atoms in total. The molecule has 0 saturated carbocycles. The number of rotatable bonds is 6. The lowest BCUT2D eigenvalue weighted by molar-refractivity contribution is 0.328. The predicted octanol–water partition coefficient (Wildman–Crippen LogP) is 4.00. The van der Waals surface area contributed by atoms with Crippen molar-refractivity contribution in [3.63, 3.8) is 0 Å². The van der Waals surface area contributed by atoms with Gasteiger partial charge in [-0.2, -0.15) is 10.2 Å². The van der Waals surface area contributed by atoms with Crippen molar-refractivity contribution >= 4 is 16.7 Å². The second kappa shape index (κ2) is 8.02. The largest absolute Gasteiger partial charge is 0.477 e. The number of hydrogen-bond acceptors (Lipinski definition) is 6. The van der Waals surface area contributed by atoms with Crippen molar-refractivity contribution in [1.82, 2.24) is 29.5 Å². The van der Waals surface area contributed by atoms with Gasteiger partial charge in [0.1, 0.15) is 11.0 Å². The minimum absolute atomic E-state index is 0.161. The number of anilines is 1. The maximum atomic E-state index is 6.83. The molecule has 0 fully saturated rings. The van der Waals surface area contributed by atoms with Crippen LogP contribution in [0.3, 0.4) is 0 Å². The molecule has 0 bridgehead atoms.